The van der Waals surface area contributed by atoms with Crippen molar-refractivity contribution in [1.29, 1.82) is 0 Å². The molecule has 0 spiro atoms. The van der Waals surface area contributed by atoms with Gasteiger partial charge in [-0.1, -0.05) is 174 Å². The van der Waals surface area contributed by atoms with Gasteiger partial charge in [0.2, 0.25) is 0 Å². The van der Waals surface area contributed by atoms with Crippen LogP contribution in [0, 0.1) is 5.92 Å². The van der Waals surface area contributed by atoms with E-state index < -0.39 is 5.97 Å². The lowest BCUT2D eigenvalue weighted by molar-refractivity contribution is -0.132. The molecular formula is C32H62O2. The van der Waals surface area contributed by atoms with E-state index in [-0.39, 0.29) is 0 Å². The van der Waals surface area contributed by atoms with Crippen molar-refractivity contribution in [1.82, 2.24) is 0 Å². The lowest BCUT2D eigenvalue weighted by Gasteiger charge is -2.15. The number of carboxylic acid groups (broad SMARTS) is 1. The Morgan fingerprint density at radius 2 is 0.853 bits per heavy atom. The Hall–Kier alpha value is -0.790. The van der Waals surface area contributed by atoms with Crippen molar-refractivity contribution in [3.05, 3.63) is 11.6 Å². The van der Waals surface area contributed by atoms with Gasteiger partial charge >= 0.3 is 5.97 Å². The molecule has 1 N–H and O–H groups in total. The molecule has 202 valence electrons. The first-order valence-electron chi connectivity index (χ1n) is 15.5. The number of unbranched alkanes of at least 4 members (excludes halogenated alkanes) is 20. The molecule has 0 aliphatic carbocycles. The predicted octanol–water partition coefficient (Wildman–Crippen LogP) is 11.4. The Kier molecular flexibility index (Phi) is 26.2. The highest BCUT2D eigenvalue weighted by Crippen LogP contribution is 2.23. The van der Waals surface area contributed by atoms with Crippen LogP contribution in [0.2, 0.25) is 0 Å². The van der Waals surface area contributed by atoms with Gasteiger partial charge in [0.05, 0.1) is 0 Å². The lowest BCUT2D eigenvalue weighted by Crippen LogP contribution is -2.02. The molecule has 0 aromatic carbocycles. The molecule has 2 heteroatoms. The van der Waals surface area contributed by atoms with Gasteiger partial charge in [-0.15, -0.1) is 0 Å². The number of hydrogen-bond acceptors (Lipinski definition) is 1. The van der Waals surface area contributed by atoms with Crippen LogP contribution < -0.4 is 0 Å². The Morgan fingerprint density at radius 3 is 1.15 bits per heavy atom. The predicted molar refractivity (Wildman–Crippen MR) is 152 cm³/mol. The summed E-state index contributed by atoms with van der Waals surface area (Å²) in [6.45, 7) is 6.30. The molecule has 0 aliphatic rings. The number of carboxylic acids is 1. The third-order valence-corrected chi connectivity index (χ3v) is 7.53. The summed E-state index contributed by atoms with van der Waals surface area (Å²) < 4.78 is 0. The summed E-state index contributed by atoms with van der Waals surface area (Å²) in [6.07, 6.45) is 36.1. The number of carbonyl (C=O) groups is 1. The summed E-state index contributed by atoms with van der Waals surface area (Å²) in [6, 6.07) is 0. The van der Waals surface area contributed by atoms with Crippen LogP contribution in [0.5, 0.6) is 0 Å². The fourth-order valence-corrected chi connectivity index (χ4v) is 5.01. The normalized spacial score (nSPS) is 12.9. The molecule has 0 fully saturated rings. The summed E-state index contributed by atoms with van der Waals surface area (Å²) in [4.78, 5) is 11.1. The maximum Gasteiger partial charge on any atom is 0.330 e. The smallest absolute Gasteiger partial charge is 0.330 e. The zero-order valence-corrected chi connectivity index (χ0v) is 23.7. The van der Waals surface area contributed by atoms with E-state index in [1.165, 1.54) is 154 Å². The fraction of sp³-hybridized carbons (Fsp3) is 0.906. The van der Waals surface area contributed by atoms with Crippen LogP contribution in [0.1, 0.15) is 181 Å². The first-order valence-corrected chi connectivity index (χ1v) is 15.5. The zero-order chi connectivity index (χ0) is 25.1. The van der Waals surface area contributed by atoms with E-state index >= 15 is 0 Å². The van der Waals surface area contributed by atoms with Gasteiger partial charge in [-0.3, -0.25) is 0 Å². The van der Waals surface area contributed by atoms with Crippen LogP contribution in [0.3, 0.4) is 0 Å². The van der Waals surface area contributed by atoms with Crippen LogP contribution in [0.25, 0.3) is 0 Å². The number of aliphatic carboxylic acids is 1. The molecule has 1 atom stereocenters. The summed E-state index contributed by atoms with van der Waals surface area (Å²) in [5.74, 6) is -0.0889. The minimum Gasteiger partial charge on any atom is -0.478 e. The van der Waals surface area contributed by atoms with E-state index in [1.807, 2.05) is 6.08 Å². The second-order valence-electron chi connectivity index (χ2n) is 10.9. The Morgan fingerprint density at radius 1 is 0.559 bits per heavy atom. The fourth-order valence-electron chi connectivity index (χ4n) is 5.01. The van der Waals surface area contributed by atoms with Gasteiger partial charge in [-0.2, -0.15) is 0 Å². The summed E-state index contributed by atoms with van der Waals surface area (Å²) in [7, 11) is 0. The van der Waals surface area contributed by atoms with Crippen molar-refractivity contribution < 1.29 is 9.90 Å². The summed E-state index contributed by atoms with van der Waals surface area (Å²) in [5, 5.41) is 9.17. The molecule has 1 unspecified atom stereocenters. The summed E-state index contributed by atoms with van der Waals surface area (Å²) in [5.41, 5.74) is 0.516. The Bertz CT molecular complexity index is 454. The van der Waals surface area contributed by atoms with E-state index in [0.717, 1.165) is 6.42 Å². The van der Waals surface area contributed by atoms with Gasteiger partial charge in [0.15, 0.2) is 0 Å². The van der Waals surface area contributed by atoms with Crippen LogP contribution in [-0.4, -0.2) is 11.1 Å². The van der Waals surface area contributed by atoms with Crippen molar-refractivity contribution in [3.8, 4) is 0 Å². The van der Waals surface area contributed by atoms with E-state index in [2.05, 4.69) is 13.8 Å². The van der Waals surface area contributed by atoms with Gasteiger partial charge < -0.3 is 5.11 Å². The largest absolute Gasteiger partial charge is 0.478 e. The molecule has 0 bridgehead atoms. The molecule has 0 saturated carbocycles. The quantitative estimate of drug-likeness (QED) is 0.0941. The first kappa shape index (κ1) is 33.2. The molecular weight excluding hydrogens is 416 g/mol. The topological polar surface area (TPSA) is 37.3 Å². The van der Waals surface area contributed by atoms with E-state index in [4.69, 9.17) is 5.11 Å². The van der Waals surface area contributed by atoms with Crippen molar-refractivity contribution in [3.63, 3.8) is 0 Å². The Labute approximate surface area is 214 Å². The van der Waals surface area contributed by atoms with Crippen LogP contribution in [0.4, 0.5) is 0 Å². The standard InChI is InChI=1S/C32H62O2/c1-4-6-8-10-12-14-15-16-17-18-19-21-23-25-27-31(29-28-30(3)32(33)34)26-24-22-20-13-11-9-7-5-2/h28,31H,4-27,29H2,1-3H3,(H,33,34). The number of rotatable bonds is 27. The second kappa shape index (κ2) is 26.8. The molecule has 0 radical (unpaired) electrons. The average Bonchev–Trinajstić information content (AvgIpc) is 2.83. The van der Waals surface area contributed by atoms with E-state index in [0.29, 0.717) is 11.5 Å². The number of hydrogen-bond donors (Lipinski definition) is 1. The molecule has 0 aromatic rings. The maximum atomic E-state index is 11.1. The lowest BCUT2D eigenvalue weighted by atomic mass is 9.90. The molecule has 2 nitrogen and oxygen atoms in total. The van der Waals surface area contributed by atoms with Crippen molar-refractivity contribution in [2.45, 2.75) is 181 Å². The van der Waals surface area contributed by atoms with Gasteiger partial charge in [0.1, 0.15) is 0 Å². The van der Waals surface area contributed by atoms with Crippen molar-refractivity contribution in [2.75, 3.05) is 0 Å². The van der Waals surface area contributed by atoms with Crippen molar-refractivity contribution in [2.24, 2.45) is 5.92 Å². The highest BCUT2D eigenvalue weighted by atomic mass is 16.4. The zero-order valence-electron chi connectivity index (χ0n) is 23.7. The maximum absolute atomic E-state index is 11.1. The summed E-state index contributed by atoms with van der Waals surface area (Å²) >= 11 is 0. The van der Waals surface area contributed by atoms with Gasteiger partial charge in [0.25, 0.3) is 0 Å². The highest BCUT2D eigenvalue weighted by molar-refractivity contribution is 5.85. The highest BCUT2D eigenvalue weighted by Gasteiger charge is 2.09. The molecule has 0 heterocycles. The molecule has 0 aromatic heterocycles. The van der Waals surface area contributed by atoms with Crippen LogP contribution in [0.15, 0.2) is 11.6 Å². The molecule has 0 saturated heterocycles. The SMILES string of the molecule is CCCCCCCCCCCCCCCCC(CC=C(C)C(=O)O)CCCCCCCCCC. The first-order chi connectivity index (χ1) is 16.6. The van der Waals surface area contributed by atoms with Gasteiger partial charge in [0, 0.05) is 5.57 Å². The van der Waals surface area contributed by atoms with Gasteiger partial charge in [-0.25, -0.2) is 4.79 Å². The van der Waals surface area contributed by atoms with Crippen LogP contribution >= 0.6 is 0 Å². The van der Waals surface area contributed by atoms with E-state index in [1.54, 1.807) is 6.92 Å². The third-order valence-electron chi connectivity index (χ3n) is 7.53. The Balaban J connectivity index is 3.82. The molecule has 0 amide bonds. The minimum atomic E-state index is -0.762. The van der Waals surface area contributed by atoms with Gasteiger partial charge in [-0.05, 0) is 19.3 Å². The third kappa shape index (κ3) is 24.3. The second-order valence-corrected chi connectivity index (χ2v) is 10.9. The minimum absolute atomic E-state index is 0.516. The monoisotopic (exact) mass is 478 g/mol. The van der Waals surface area contributed by atoms with Crippen LogP contribution in [-0.2, 0) is 4.79 Å². The molecule has 34 heavy (non-hydrogen) atoms. The van der Waals surface area contributed by atoms with Crippen molar-refractivity contribution >= 4 is 5.97 Å². The van der Waals surface area contributed by atoms with E-state index in [9.17, 15) is 4.79 Å². The average molecular weight is 479 g/mol. The molecule has 0 aliphatic heterocycles. The molecule has 0 rings (SSSR count). The number of allylic oxidation sites excluding steroid dienone is 1.